The molecule has 0 saturated carbocycles. The zero-order valence-electron chi connectivity index (χ0n) is 8.91. The van der Waals surface area contributed by atoms with E-state index in [1.54, 1.807) is 13.8 Å². The Hall–Kier alpha value is -0.650. The number of hydrogen-bond donors (Lipinski definition) is 3. The summed E-state index contributed by atoms with van der Waals surface area (Å²) in [6.45, 7) is 3.60. The molecule has 0 fully saturated rings. The summed E-state index contributed by atoms with van der Waals surface area (Å²) < 4.78 is 4.84. The highest BCUT2D eigenvalue weighted by molar-refractivity contribution is 5.78. The van der Waals surface area contributed by atoms with Gasteiger partial charge in [0.25, 0.3) is 0 Å². The second-order valence-electron chi connectivity index (χ2n) is 3.61. The van der Waals surface area contributed by atoms with Crippen LogP contribution in [0.25, 0.3) is 0 Å². The normalized spacial score (nSPS) is 17.4. The molecule has 0 aromatic carbocycles. The molecular weight excluding hydrogens is 186 g/mol. The summed E-state index contributed by atoms with van der Waals surface area (Å²) in [5.41, 5.74) is -1.04. The standard InChI is InChI=1S/C9H19NO4/c1-7(6-11)10-9(2,8(12)13)4-5-14-3/h7,10-11H,4-6H2,1-3H3,(H,12,13). The van der Waals surface area contributed by atoms with Gasteiger partial charge in [0.1, 0.15) is 5.54 Å². The summed E-state index contributed by atoms with van der Waals surface area (Å²) in [5, 5.41) is 20.7. The van der Waals surface area contributed by atoms with E-state index in [0.29, 0.717) is 13.0 Å². The highest BCUT2D eigenvalue weighted by atomic mass is 16.5. The number of aliphatic carboxylic acids is 1. The van der Waals surface area contributed by atoms with Gasteiger partial charge in [0.2, 0.25) is 0 Å². The summed E-state index contributed by atoms with van der Waals surface area (Å²) in [4.78, 5) is 11.0. The Labute approximate surface area is 84.1 Å². The van der Waals surface area contributed by atoms with Gasteiger partial charge in [-0.1, -0.05) is 0 Å². The molecular formula is C9H19NO4. The van der Waals surface area contributed by atoms with Crippen molar-refractivity contribution in [1.82, 2.24) is 5.32 Å². The monoisotopic (exact) mass is 205 g/mol. The first-order valence-corrected chi connectivity index (χ1v) is 4.57. The summed E-state index contributed by atoms with van der Waals surface area (Å²) in [7, 11) is 1.53. The SMILES string of the molecule is COCCC(C)(NC(C)CO)C(=O)O. The van der Waals surface area contributed by atoms with Crippen molar-refractivity contribution < 1.29 is 19.7 Å². The quantitative estimate of drug-likeness (QED) is 0.538. The van der Waals surface area contributed by atoms with Gasteiger partial charge in [-0.25, -0.2) is 0 Å². The van der Waals surface area contributed by atoms with Crippen molar-refractivity contribution >= 4 is 5.97 Å². The average molecular weight is 205 g/mol. The molecule has 0 aromatic rings. The number of nitrogens with one attached hydrogen (secondary N) is 1. The minimum atomic E-state index is -1.04. The molecule has 0 heterocycles. The van der Waals surface area contributed by atoms with Crippen LogP contribution in [0.1, 0.15) is 20.3 Å². The molecule has 0 rings (SSSR count). The Balaban J connectivity index is 4.31. The molecule has 0 aliphatic rings. The lowest BCUT2D eigenvalue weighted by atomic mass is 9.97. The van der Waals surface area contributed by atoms with Gasteiger partial charge in [-0.3, -0.25) is 10.1 Å². The van der Waals surface area contributed by atoms with Crippen LogP contribution in [-0.2, 0) is 9.53 Å². The van der Waals surface area contributed by atoms with Crippen LogP contribution in [0, 0.1) is 0 Å². The molecule has 5 heteroatoms. The van der Waals surface area contributed by atoms with Gasteiger partial charge in [0.05, 0.1) is 6.61 Å². The number of hydrogen-bond acceptors (Lipinski definition) is 4. The van der Waals surface area contributed by atoms with Crippen LogP contribution < -0.4 is 5.32 Å². The Morgan fingerprint density at radius 2 is 2.21 bits per heavy atom. The Morgan fingerprint density at radius 3 is 2.57 bits per heavy atom. The summed E-state index contributed by atoms with van der Waals surface area (Å²) in [6.07, 6.45) is 0.364. The number of methoxy groups -OCH3 is 1. The van der Waals surface area contributed by atoms with Crippen molar-refractivity contribution in [3.8, 4) is 0 Å². The maximum absolute atomic E-state index is 11.0. The minimum Gasteiger partial charge on any atom is -0.480 e. The van der Waals surface area contributed by atoms with Crippen LogP contribution in [0.3, 0.4) is 0 Å². The van der Waals surface area contributed by atoms with Crippen molar-refractivity contribution in [1.29, 1.82) is 0 Å². The predicted octanol–water partition coefficient (Wildman–Crippen LogP) is -0.163. The zero-order valence-corrected chi connectivity index (χ0v) is 8.91. The van der Waals surface area contributed by atoms with Crippen LogP contribution in [-0.4, -0.2) is 48.1 Å². The summed E-state index contributed by atoms with van der Waals surface area (Å²) >= 11 is 0. The average Bonchev–Trinajstić information content (AvgIpc) is 2.14. The second kappa shape index (κ2) is 5.95. The number of carboxylic acids is 1. The van der Waals surface area contributed by atoms with Gasteiger partial charge in [-0.05, 0) is 20.3 Å². The third-order valence-corrected chi connectivity index (χ3v) is 2.12. The van der Waals surface area contributed by atoms with Crippen LogP contribution in [0.4, 0.5) is 0 Å². The fraction of sp³-hybridized carbons (Fsp3) is 0.889. The molecule has 0 aliphatic heterocycles. The Morgan fingerprint density at radius 1 is 1.64 bits per heavy atom. The molecule has 84 valence electrons. The van der Waals surface area contributed by atoms with E-state index in [1.165, 1.54) is 7.11 Å². The smallest absolute Gasteiger partial charge is 0.323 e. The van der Waals surface area contributed by atoms with E-state index in [2.05, 4.69) is 5.32 Å². The number of ether oxygens (including phenoxy) is 1. The number of aliphatic hydroxyl groups excluding tert-OH is 1. The lowest BCUT2D eigenvalue weighted by Gasteiger charge is -2.29. The first-order chi connectivity index (χ1) is 6.46. The van der Waals surface area contributed by atoms with E-state index < -0.39 is 11.5 Å². The van der Waals surface area contributed by atoms with Gasteiger partial charge in [-0.2, -0.15) is 0 Å². The van der Waals surface area contributed by atoms with Crippen LogP contribution in [0.5, 0.6) is 0 Å². The predicted molar refractivity (Wildman–Crippen MR) is 52.2 cm³/mol. The molecule has 14 heavy (non-hydrogen) atoms. The molecule has 0 radical (unpaired) electrons. The fourth-order valence-corrected chi connectivity index (χ4v) is 1.14. The maximum atomic E-state index is 11.0. The lowest BCUT2D eigenvalue weighted by Crippen LogP contribution is -2.54. The first-order valence-electron chi connectivity index (χ1n) is 4.57. The number of aliphatic hydroxyl groups is 1. The molecule has 0 bridgehead atoms. The molecule has 0 spiro atoms. The van der Waals surface area contributed by atoms with Gasteiger partial charge >= 0.3 is 5.97 Å². The molecule has 2 unspecified atom stereocenters. The molecule has 0 aliphatic carbocycles. The summed E-state index contributed by atoms with van der Waals surface area (Å²) in [5.74, 6) is -0.935. The van der Waals surface area contributed by atoms with Crippen molar-refractivity contribution in [3.05, 3.63) is 0 Å². The van der Waals surface area contributed by atoms with Crippen LogP contribution in [0.15, 0.2) is 0 Å². The molecule has 5 nitrogen and oxygen atoms in total. The van der Waals surface area contributed by atoms with E-state index in [1.807, 2.05) is 0 Å². The van der Waals surface area contributed by atoms with E-state index in [4.69, 9.17) is 14.9 Å². The fourth-order valence-electron chi connectivity index (χ4n) is 1.14. The van der Waals surface area contributed by atoms with Crippen LogP contribution >= 0.6 is 0 Å². The van der Waals surface area contributed by atoms with Crippen molar-refractivity contribution in [2.24, 2.45) is 0 Å². The molecule has 0 amide bonds. The van der Waals surface area contributed by atoms with E-state index in [9.17, 15) is 4.79 Å². The summed E-state index contributed by atoms with van der Waals surface area (Å²) in [6, 6.07) is -0.243. The highest BCUT2D eigenvalue weighted by Gasteiger charge is 2.33. The van der Waals surface area contributed by atoms with E-state index >= 15 is 0 Å². The van der Waals surface area contributed by atoms with E-state index in [-0.39, 0.29) is 12.6 Å². The molecule has 2 atom stereocenters. The largest absolute Gasteiger partial charge is 0.480 e. The Kier molecular flexibility index (Phi) is 5.68. The van der Waals surface area contributed by atoms with Crippen molar-refractivity contribution in [3.63, 3.8) is 0 Å². The maximum Gasteiger partial charge on any atom is 0.323 e. The first kappa shape index (κ1) is 13.4. The van der Waals surface area contributed by atoms with Crippen molar-refractivity contribution in [2.75, 3.05) is 20.3 Å². The lowest BCUT2D eigenvalue weighted by molar-refractivity contribution is -0.145. The third-order valence-electron chi connectivity index (χ3n) is 2.12. The van der Waals surface area contributed by atoms with Crippen LogP contribution in [0.2, 0.25) is 0 Å². The minimum absolute atomic E-state index is 0.0874. The van der Waals surface area contributed by atoms with Gasteiger partial charge in [0, 0.05) is 19.8 Å². The van der Waals surface area contributed by atoms with Gasteiger partial charge in [-0.15, -0.1) is 0 Å². The van der Waals surface area contributed by atoms with Gasteiger partial charge < -0.3 is 14.9 Å². The van der Waals surface area contributed by atoms with E-state index in [0.717, 1.165) is 0 Å². The number of carbonyl (C=O) groups is 1. The third kappa shape index (κ3) is 4.04. The molecule has 0 aromatic heterocycles. The van der Waals surface area contributed by atoms with Gasteiger partial charge in [0.15, 0.2) is 0 Å². The van der Waals surface area contributed by atoms with Crippen molar-refractivity contribution in [2.45, 2.75) is 31.8 Å². The second-order valence-corrected chi connectivity index (χ2v) is 3.61. The topological polar surface area (TPSA) is 78.8 Å². The molecule has 0 saturated heterocycles. The number of carboxylic acid groups (broad SMARTS) is 1. The molecule has 3 N–H and O–H groups in total. The number of rotatable bonds is 7. The Bertz CT molecular complexity index is 186. The highest BCUT2D eigenvalue weighted by Crippen LogP contribution is 2.11. The zero-order chi connectivity index (χ0) is 11.2.